The van der Waals surface area contributed by atoms with Crippen LogP contribution in [-0.4, -0.2) is 11.0 Å². The Morgan fingerprint density at radius 2 is 2.35 bits per heavy atom. The molecule has 1 aromatic carbocycles. The van der Waals surface area contributed by atoms with E-state index in [0.29, 0.717) is 5.92 Å². The van der Waals surface area contributed by atoms with E-state index in [1.165, 1.54) is 12.1 Å². The molecule has 2 rings (SSSR count). The second kappa shape index (κ2) is 4.60. The van der Waals surface area contributed by atoms with Gasteiger partial charge in [-0.2, -0.15) is 0 Å². The van der Waals surface area contributed by atoms with Gasteiger partial charge in [-0.25, -0.2) is 4.39 Å². The lowest BCUT2D eigenvalue weighted by Crippen LogP contribution is -2.07. The van der Waals surface area contributed by atoms with Crippen LogP contribution in [0.4, 0.5) is 15.8 Å². The molecule has 1 N–H and O–H groups in total. The molecule has 1 saturated carbocycles. The molecule has 1 aromatic rings. The van der Waals surface area contributed by atoms with Gasteiger partial charge in [0.2, 0.25) is 0 Å². The van der Waals surface area contributed by atoms with E-state index in [1.54, 1.807) is 0 Å². The number of rotatable bonds is 4. The van der Waals surface area contributed by atoms with Crippen LogP contribution in [0.5, 0.6) is 0 Å². The van der Waals surface area contributed by atoms with E-state index in [4.69, 9.17) is 0 Å². The summed E-state index contributed by atoms with van der Waals surface area (Å²) < 4.78 is 13.5. The second-order valence-corrected chi connectivity index (χ2v) is 5.05. The average molecular weight is 303 g/mol. The topological polar surface area (TPSA) is 55.2 Å². The van der Waals surface area contributed by atoms with Gasteiger partial charge in [-0.1, -0.05) is 13.3 Å². The molecule has 4 nitrogen and oxygen atoms in total. The van der Waals surface area contributed by atoms with E-state index in [1.807, 2.05) is 0 Å². The Hall–Kier alpha value is -1.17. The number of nitro benzene ring substituents is 1. The lowest BCUT2D eigenvalue weighted by atomic mass is 10.2. The first-order chi connectivity index (χ1) is 8.02. The summed E-state index contributed by atoms with van der Waals surface area (Å²) in [5, 5.41) is 13.9. The van der Waals surface area contributed by atoms with Crippen molar-refractivity contribution in [2.75, 3.05) is 5.32 Å². The number of nitrogens with zero attached hydrogens (tertiary/aromatic N) is 1. The monoisotopic (exact) mass is 302 g/mol. The fraction of sp³-hybridized carbons (Fsp3) is 0.455. The van der Waals surface area contributed by atoms with Gasteiger partial charge in [-0.15, -0.1) is 0 Å². The predicted octanol–water partition coefficient (Wildman–Crippen LogP) is 3.71. The van der Waals surface area contributed by atoms with Gasteiger partial charge in [-0.3, -0.25) is 10.1 Å². The van der Waals surface area contributed by atoms with Crippen molar-refractivity contribution in [3.8, 4) is 0 Å². The third-order valence-electron chi connectivity index (χ3n) is 3.02. The van der Waals surface area contributed by atoms with Gasteiger partial charge in [0.1, 0.15) is 11.5 Å². The summed E-state index contributed by atoms with van der Waals surface area (Å²) in [6, 6.07) is 2.60. The highest BCUT2D eigenvalue weighted by molar-refractivity contribution is 9.10. The SMILES string of the molecule is CCC1CC1Nc1cc(F)c(Br)cc1[N+](=O)[O-]. The van der Waals surface area contributed by atoms with Crippen molar-refractivity contribution < 1.29 is 9.31 Å². The maximum atomic E-state index is 13.4. The molecule has 0 aromatic heterocycles. The first-order valence-corrected chi connectivity index (χ1v) is 6.22. The number of benzene rings is 1. The van der Waals surface area contributed by atoms with Crippen molar-refractivity contribution >= 4 is 27.3 Å². The Balaban J connectivity index is 2.25. The summed E-state index contributed by atoms with van der Waals surface area (Å²) in [5.41, 5.74) is 0.164. The second-order valence-electron chi connectivity index (χ2n) is 4.20. The predicted molar refractivity (Wildman–Crippen MR) is 66.6 cm³/mol. The molecular weight excluding hydrogens is 291 g/mol. The van der Waals surface area contributed by atoms with Crippen LogP contribution < -0.4 is 5.32 Å². The van der Waals surface area contributed by atoms with Crippen molar-refractivity contribution in [3.05, 3.63) is 32.5 Å². The van der Waals surface area contributed by atoms with Gasteiger partial charge >= 0.3 is 0 Å². The molecule has 17 heavy (non-hydrogen) atoms. The Morgan fingerprint density at radius 1 is 1.65 bits per heavy atom. The first-order valence-electron chi connectivity index (χ1n) is 5.43. The van der Waals surface area contributed by atoms with Crippen LogP contribution >= 0.6 is 15.9 Å². The molecule has 0 amide bonds. The number of hydrogen-bond acceptors (Lipinski definition) is 3. The summed E-state index contributed by atoms with van der Waals surface area (Å²) in [5.74, 6) is 0.0492. The van der Waals surface area contributed by atoms with Gasteiger partial charge in [0.25, 0.3) is 5.69 Å². The van der Waals surface area contributed by atoms with Crippen molar-refractivity contribution in [2.24, 2.45) is 5.92 Å². The van der Waals surface area contributed by atoms with E-state index < -0.39 is 10.7 Å². The van der Waals surface area contributed by atoms with E-state index in [0.717, 1.165) is 12.8 Å². The minimum Gasteiger partial charge on any atom is -0.376 e. The van der Waals surface area contributed by atoms with E-state index in [2.05, 4.69) is 28.2 Å². The number of nitrogens with one attached hydrogen (secondary N) is 1. The van der Waals surface area contributed by atoms with Gasteiger partial charge < -0.3 is 5.32 Å². The molecule has 0 spiro atoms. The molecule has 0 radical (unpaired) electrons. The van der Waals surface area contributed by atoms with Crippen LogP contribution in [0.2, 0.25) is 0 Å². The lowest BCUT2D eigenvalue weighted by Gasteiger charge is -2.07. The zero-order chi connectivity index (χ0) is 12.6. The van der Waals surface area contributed by atoms with E-state index in [-0.39, 0.29) is 21.9 Å². The number of nitro groups is 1. The smallest absolute Gasteiger partial charge is 0.293 e. The summed E-state index contributed by atoms with van der Waals surface area (Å²) in [6.45, 7) is 2.07. The Kier molecular flexibility index (Phi) is 3.33. The lowest BCUT2D eigenvalue weighted by molar-refractivity contribution is -0.384. The highest BCUT2D eigenvalue weighted by Crippen LogP contribution is 2.39. The fourth-order valence-electron chi connectivity index (χ4n) is 1.88. The molecule has 2 unspecified atom stereocenters. The number of halogens is 2. The largest absolute Gasteiger partial charge is 0.376 e. The van der Waals surface area contributed by atoms with Crippen LogP contribution in [-0.2, 0) is 0 Å². The molecule has 6 heteroatoms. The fourth-order valence-corrected chi connectivity index (χ4v) is 2.21. The van der Waals surface area contributed by atoms with E-state index >= 15 is 0 Å². The number of hydrogen-bond donors (Lipinski definition) is 1. The zero-order valence-corrected chi connectivity index (χ0v) is 10.8. The summed E-state index contributed by atoms with van der Waals surface area (Å²) in [6.07, 6.45) is 2.02. The minimum absolute atomic E-state index is 0.0972. The van der Waals surface area contributed by atoms with Gasteiger partial charge in [0.15, 0.2) is 0 Å². The zero-order valence-electron chi connectivity index (χ0n) is 9.24. The van der Waals surface area contributed by atoms with Crippen LogP contribution in [0.15, 0.2) is 16.6 Å². The average Bonchev–Trinajstić information content (AvgIpc) is 3.01. The summed E-state index contributed by atoms with van der Waals surface area (Å²) in [7, 11) is 0. The quantitative estimate of drug-likeness (QED) is 0.681. The minimum atomic E-state index is -0.504. The van der Waals surface area contributed by atoms with Crippen LogP contribution in [0.25, 0.3) is 0 Å². The Bertz CT molecular complexity index is 467. The standard InChI is InChI=1S/C11H12BrFN2O2/c1-2-6-3-9(6)14-10-5-8(13)7(12)4-11(10)15(16)17/h4-6,9,14H,2-3H2,1H3. The maximum absolute atomic E-state index is 13.4. The molecule has 92 valence electrons. The Morgan fingerprint density at radius 3 is 2.88 bits per heavy atom. The van der Waals surface area contributed by atoms with Gasteiger partial charge in [0, 0.05) is 18.2 Å². The van der Waals surface area contributed by atoms with Crippen molar-refractivity contribution in [2.45, 2.75) is 25.8 Å². The van der Waals surface area contributed by atoms with E-state index in [9.17, 15) is 14.5 Å². The third-order valence-corrected chi connectivity index (χ3v) is 3.63. The summed E-state index contributed by atoms with van der Waals surface area (Å²) in [4.78, 5) is 10.4. The van der Waals surface area contributed by atoms with Gasteiger partial charge in [-0.05, 0) is 28.3 Å². The molecule has 1 aliphatic rings. The van der Waals surface area contributed by atoms with Crippen molar-refractivity contribution in [1.29, 1.82) is 0 Å². The summed E-state index contributed by atoms with van der Waals surface area (Å²) >= 11 is 2.95. The van der Waals surface area contributed by atoms with Crippen LogP contribution in [0, 0.1) is 21.8 Å². The van der Waals surface area contributed by atoms with Gasteiger partial charge in [0.05, 0.1) is 9.40 Å². The molecule has 0 heterocycles. The molecule has 1 fully saturated rings. The maximum Gasteiger partial charge on any atom is 0.293 e. The Labute approximate surface area is 106 Å². The normalized spacial score (nSPS) is 22.3. The first kappa shape index (κ1) is 12.3. The highest BCUT2D eigenvalue weighted by atomic mass is 79.9. The highest BCUT2D eigenvalue weighted by Gasteiger charge is 2.36. The number of anilines is 1. The van der Waals surface area contributed by atoms with Crippen molar-refractivity contribution in [1.82, 2.24) is 0 Å². The molecule has 1 aliphatic carbocycles. The molecule has 0 saturated heterocycles. The third kappa shape index (κ3) is 2.57. The van der Waals surface area contributed by atoms with Crippen LogP contribution in [0.3, 0.4) is 0 Å². The molecule has 0 bridgehead atoms. The molecular formula is C11H12BrFN2O2. The molecule has 0 aliphatic heterocycles. The van der Waals surface area contributed by atoms with Crippen molar-refractivity contribution in [3.63, 3.8) is 0 Å². The molecule has 2 atom stereocenters. The van der Waals surface area contributed by atoms with Crippen LogP contribution in [0.1, 0.15) is 19.8 Å².